The highest BCUT2D eigenvalue weighted by Crippen LogP contribution is 2.30. The zero-order valence-electron chi connectivity index (χ0n) is 18.6. The van der Waals surface area contributed by atoms with Crippen molar-refractivity contribution in [2.24, 2.45) is 0 Å². The molecule has 0 spiro atoms. The second kappa shape index (κ2) is 11.9. The Morgan fingerprint density at radius 2 is 1.44 bits per heavy atom. The normalized spacial score (nSPS) is 10.8. The summed E-state index contributed by atoms with van der Waals surface area (Å²) >= 11 is 0. The van der Waals surface area contributed by atoms with Crippen LogP contribution in [0.2, 0.25) is 0 Å². The molecule has 0 aromatic heterocycles. The Hall–Kier alpha value is -3.31. The fourth-order valence-corrected chi connectivity index (χ4v) is 3.28. The Morgan fingerprint density at radius 3 is 1.97 bits per heavy atom. The van der Waals surface area contributed by atoms with Crippen LogP contribution in [0, 0.1) is 6.92 Å². The van der Waals surface area contributed by atoms with E-state index >= 15 is 0 Å². The van der Waals surface area contributed by atoms with Gasteiger partial charge in [0.1, 0.15) is 30.0 Å². The molecule has 3 rings (SSSR count). The fourth-order valence-electron chi connectivity index (χ4n) is 3.28. The van der Waals surface area contributed by atoms with Crippen molar-refractivity contribution in [3.05, 3.63) is 96.4 Å². The molecule has 0 fully saturated rings. The number of carbonyl (C=O) groups is 1. The molecule has 0 aliphatic heterocycles. The lowest BCUT2D eigenvalue weighted by molar-refractivity contribution is -0.120. The number of rotatable bonds is 12. The van der Waals surface area contributed by atoms with Gasteiger partial charge in [-0.2, -0.15) is 0 Å². The van der Waals surface area contributed by atoms with Crippen LogP contribution in [-0.4, -0.2) is 26.6 Å². The number of methoxy groups -OCH3 is 2. The SMILES string of the molecule is [CH2]CCC(=O)COc1cccc(COC(c2ccc(OC)cc2)c2ccc(OC)cc2)c1. The number of benzene rings is 3. The summed E-state index contributed by atoms with van der Waals surface area (Å²) in [6.07, 6.45) is 0.734. The smallest absolute Gasteiger partial charge is 0.170 e. The average Bonchev–Trinajstić information content (AvgIpc) is 2.84. The van der Waals surface area contributed by atoms with Crippen LogP contribution in [0.1, 0.15) is 35.6 Å². The molecule has 0 unspecified atom stereocenters. The first-order chi connectivity index (χ1) is 15.6. The lowest BCUT2D eigenvalue weighted by Gasteiger charge is -2.20. The van der Waals surface area contributed by atoms with E-state index in [-0.39, 0.29) is 18.5 Å². The minimum Gasteiger partial charge on any atom is -0.497 e. The third-order valence-corrected chi connectivity index (χ3v) is 5.01. The van der Waals surface area contributed by atoms with E-state index in [2.05, 4.69) is 6.92 Å². The van der Waals surface area contributed by atoms with Gasteiger partial charge in [0.15, 0.2) is 5.78 Å². The third-order valence-electron chi connectivity index (χ3n) is 5.01. The van der Waals surface area contributed by atoms with Gasteiger partial charge in [0.05, 0.1) is 20.8 Å². The molecule has 0 aliphatic carbocycles. The minimum absolute atomic E-state index is 0.0423. The summed E-state index contributed by atoms with van der Waals surface area (Å²) in [5.41, 5.74) is 2.99. The average molecular weight is 434 g/mol. The molecule has 0 heterocycles. The summed E-state index contributed by atoms with van der Waals surface area (Å²) in [5.74, 6) is 2.27. The van der Waals surface area contributed by atoms with Gasteiger partial charge in [-0.15, -0.1) is 0 Å². The topological polar surface area (TPSA) is 54.0 Å². The molecular formula is C27H29O5. The largest absolute Gasteiger partial charge is 0.497 e. The minimum atomic E-state index is -0.269. The first kappa shape index (κ1) is 23.4. The second-order valence-electron chi connectivity index (χ2n) is 7.32. The van der Waals surface area contributed by atoms with Crippen LogP contribution in [0.25, 0.3) is 0 Å². The third kappa shape index (κ3) is 6.59. The van der Waals surface area contributed by atoms with Crippen LogP contribution in [0.3, 0.4) is 0 Å². The Labute approximate surface area is 189 Å². The molecule has 0 saturated carbocycles. The summed E-state index contributed by atoms with van der Waals surface area (Å²) in [4.78, 5) is 11.7. The van der Waals surface area contributed by atoms with Gasteiger partial charge in [-0.05, 0) is 59.5 Å². The molecule has 3 aromatic rings. The van der Waals surface area contributed by atoms with Gasteiger partial charge in [-0.3, -0.25) is 4.79 Å². The van der Waals surface area contributed by atoms with Gasteiger partial charge >= 0.3 is 0 Å². The highest BCUT2D eigenvalue weighted by molar-refractivity contribution is 5.79. The number of Topliss-reactive ketones (excluding diaryl/α,β-unsaturated/α-hetero) is 1. The first-order valence-corrected chi connectivity index (χ1v) is 10.5. The molecule has 5 heteroatoms. The van der Waals surface area contributed by atoms with E-state index in [1.54, 1.807) is 14.2 Å². The van der Waals surface area contributed by atoms with Crippen LogP contribution >= 0.6 is 0 Å². The zero-order chi connectivity index (χ0) is 22.8. The Bertz CT molecular complexity index is 932. The van der Waals surface area contributed by atoms with E-state index in [9.17, 15) is 4.79 Å². The quantitative estimate of drug-likeness (QED) is 0.374. The number of hydrogen-bond donors (Lipinski definition) is 0. The Balaban J connectivity index is 1.74. The molecule has 167 valence electrons. The van der Waals surface area contributed by atoms with Gasteiger partial charge in [0.2, 0.25) is 0 Å². The van der Waals surface area contributed by atoms with E-state index < -0.39 is 0 Å². The molecule has 0 bridgehead atoms. The maximum absolute atomic E-state index is 11.7. The summed E-state index contributed by atoms with van der Waals surface area (Å²) in [6.45, 7) is 4.14. The van der Waals surface area contributed by atoms with Crippen molar-refractivity contribution in [1.82, 2.24) is 0 Å². The van der Waals surface area contributed by atoms with E-state index in [0.29, 0.717) is 25.2 Å². The van der Waals surface area contributed by atoms with E-state index in [0.717, 1.165) is 28.2 Å². The van der Waals surface area contributed by atoms with Crippen LogP contribution in [0.4, 0.5) is 0 Å². The predicted octanol–water partition coefficient (Wildman–Crippen LogP) is 5.57. The molecule has 0 aliphatic rings. The van der Waals surface area contributed by atoms with E-state index in [1.165, 1.54) is 0 Å². The molecular weight excluding hydrogens is 404 g/mol. The van der Waals surface area contributed by atoms with Gasteiger partial charge in [0, 0.05) is 6.42 Å². The summed E-state index contributed by atoms with van der Waals surface area (Å²) in [7, 11) is 3.29. The highest BCUT2D eigenvalue weighted by atomic mass is 16.5. The first-order valence-electron chi connectivity index (χ1n) is 10.5. The lowest BCUT2D eigenvalue weighted by atomic mass is 10.0. The van der Waals surface area contributed by atoms with E-state index in [1.807, 2.05) is 72.8 Å². The molecule has 0 saturated heterocycles. The standard InChI is InChI=1S/C27H29O5/c1-4-6-23(28)19-31-26-8-5-7-20(17-26)18-32-27(21-9-13-24(29-2)14-10-21)22-11-15-25(30-3)16-12-22/h5,7-17,27H,1,4,6,18-19H2,2-3H3. The van der Waals surface area contributed by atoms with Crippen LogP contribution in [0.5, 0.6) is 17.2 Å². The van der Waals surface area contributed by atoms with Crippen molar-refractivity contribution in [3.63, 3.8) is 0 Å². The molecule has 0 atom stereocenters. The van der Waals surface area contributed by atoms with Crippen molar-refractivity contribution in [2.75, 3.05) is 20.8 Å². The summed E-state index contributed by atoms with van der Waals surface area (Å²) in [5, 5.41) is 0. The zero-order valence-corrected chi connectivity index (χ0v) is 18.6. The number of hydrogen-bond acceptors (Lipinski definition) is 5. The van der Waals surface area contributed by atoms with Crippen LogP contribution in [0.15, 0.2) is 72.8 Å². The van der Waals surface area contributed by atoms with Crippen molar-refractivity contribution in [2.45, 2.75) is 25.6 Å². The summed E-state index contributed by atoms with van der Waals surface area (Å²) < 4.78 is 22.5. The Kier molecular flexibility index (Phi) is 8.70. The van der Waals surface area contributed by atoms with Gasteiger partial charge in [-0.25, -0.2) is 0 Å². The molecule has 32 heavy (non-hydrogen) atoms. The molecule has 0 amide bonds. The summed E-state index contributed by atoms with van der Waals surface area (Å²) in [6, 6.07) is 23.3. The highest BCUT2D eigenvalue weighted by Gasteiger charge is 2.16. The van der Waals surface area contributed by atoms with Gasteiger partial charge < -0.3 is 18.9 Å². The lowest BCUT2D eigenvalue weighted by Crippen LogP contribution is -2.11. The molecule has 1 radical (unpaired) electrons. The maximum atomic E-state index is 11.7. The van der Waals surface area contributed by atoms with Crippen molar-refractivity contribution in [3.8, 4) is 17.2 Å². The molecule has 0 N–H and O–H groups in total. The van der Waals surface area contributed by atoms with Crippen LogP contribution in [-0.2, 0) is 16.1 Å². The Morgan fingerprint density at radius 1 is 0.844 bits per heavy atom. The van der Waals surface area contributed by atoms with Crippen molar-refractivity contribution in [1.29, 1.82) is 0 Å². The monoisotopic (exact) mass is 433 g/mol. The number of ketones is 1. The van der Waals surface area contributed by atoms with E-state index in [4.69, 9.17) is 18.9 Å². The fraction of sp³-hybridized carbons (Fsp3) is 0.259. The van der Waals surface area contributed by atoms with Crippen LogP contribution < -0.4 is 14.2 Å². The number of carbonyl (C=O) groups excluding carboxylic acids is 1. The van der Waals surface area contributed by atoms with Gasteiger partial charge in [0.25, 0.3) is 0 Å². The number of ether oxygens (including phenoxy) is 4. The van der Waals surface area contributed by atoms with Crippen molar-refractivity contribution < 1.29 is 23.7 Å². The van der Waals surface area contributed by atoms with Crippen molar-refractivity contribution >= 4 is 5.78 Å². The predicted molar refractivity (Wildman–Crippen MR) is 124 cm³/mol. The molecule has 5 nitrogen and oxygen atoms in total. The molecule has 3 aromatic carbocycles. The van der Waals surface area contributed by atoms with Gasteiger partial charge in [-0.1, -0.05) is 43.3 Å². The maximum Gasteiger partial charge on any atom is 0.170 e. The second-order valence-corrected chi connectivity index (χ2v) is 7.32.